The highest BCUT2D eigenvalue weighted by atomic mass is 35.5. The van der Waals surface area contributed by atoms with Crippen LogP contribution in [0.5, 0.6) is 0 Å². The molecular weight excluding hydrogens is 416 g/mol. The third-order valence-electron chi connectivity index (χ3n) is 3.94. The van der Waals surface area contributed by atoms with Crippen LogP contribution in [0.1, 0.15) is 28.0 Å². The van der Waals surface area contributed by atoms with Crippen molar-refractivity contribution in [3.8, 4) is 0 Å². The lowest BCUT2D eigenvalue weighted by molar-refractivity contribution is -0.123. The molecule has 1 aromatic heterocycles. The summed E-state index contributed by atoms with van der Waals surface area (Å²) in [6.45, 7) is 2.41. The zero-order valence-corrected chi connectivity index (χ0v) is 18.4. The molecule has 2 amide bonds. The lowest BCUT2D eigenvalue weighted by Gasteiger charge is -2.18. The van der Waals surface area contributed by atoms with Gasteiger partial charge in [-0.15, -0.1) is 0 Å². The Morgan fingerprint density at radius 3 is 2.57 bits per heavy atom. The Morgan fingerprint density at radius 1 is 1.21 bits per heavy atom. The van der Waals surface area contributed by atoms with Gasteiger partial charge in [0.05, 0.1) is 11.2 Å². The predicted molar refractivity (Wildman–Crippen MR) is 116 cm³/mol. The molecule has 0 radical (unpaired) electrons. The van der Waals surface area contributed by atoms with Crippen LogP contribution in [0.15, 0.2) is 35.6 Å². The van der Waals surface area contributed by atoms with Crippen molar-refractivity contribution in [1.82, 2.24) is 20.6 Å². The molecule has 1 heterocycles. The van der Waals surface area contributed by atoms with Crippen LogP contribution in [0.25, 0.3) is 0 Å². The maximum absolute atomic E-state index is 12.7. The van der Waals surface area contributed by atoms with E-state index in [1.807, 2.05) is 43.7 Å². The van der Waals surface area contributed by atoms with Gasteiger partial charge in [-0.05, 0) is 37.2 Å². The highest BCUT2D eigenvalue weighted by molar-refractivity contribution is 7.98. The molecule has 0 saturated heterocycles. The quantitative estimate of drug-likeness (QED) is 0.461. The van der Waals surface area contributed by atoms with Crippen molar-refractivity contribution in [2.75, 3.05) is 18.3 Å². The Kier molecular flexibility index (Phi) is 9.08. The minimum Gasteiger partial charge on any atom is -0.350 e. The number of hydrogen-bond acceptors (Lipinski definition) is 6. The largest absolute Gasteiger partial charge is 0.350 e. The van der Waals surface area contributed by atoms with Gasteiger partial charge in [0, 0.05) is 6.54 Å². The number of benzene rings is 1. The number of hydrogen-bond donors (Lipinski definition) is 2. The molecule has 0 fully saturated rings. The Balaban J connectivity index is 2.06. The molecule has 1 atom stereocenters. The molecule has 0 aliphatic heterocycles. The molecule has 6 nitrogen and oxygen atoms in total. The standard InChI is InChI=1S/C19H23ClN4O2S2/c1-12-4-6-13(7-5-12)10-21-17(25)15(8-9-27-2)23-18(26)16-14(20)11-22-19(24-16)28-3/h4-7,11,15H,8-10H2,1-3H3,(H,21,25)(H,23,26). The number of aromatic nitrogens is 2. The van der Waals surface area contributed by atoms with E-state index >= 15 is 0 Å². The van der Waals surface area contributed by atoms with Gasteiger partial charge in [0.25, 0.3) is 5.91 Å². The van der Waals surface area contributed by atoms with Gasteiger partial charge in [-0.25, -0.2) is 9.97 Å². The summed E-state index contributed by atoms with van der Waals surface area (Å²) in [5.74, 6) is 0.00810. The summed E-state index contributed by atoms with van der Waals surface area (Å²) in [4.78, 5) is 33.5. The first-order valence-electron chi connectivity index (χ1n) is 8.64. The molecule has 0 aliphatic carbocycles. The maximum Gasteiger partial charge on any atom is 0.272 e. The van der Waals surface area contributed by atoms with Crippen LogP contribution in [0.4, 0.5) is 0 Å². The zero-order chi connectivity index (χ0) is 20.5. The van der Waals surface area contributed by atoms with Gasteiger partial charge in [0.15, 0.2) is 10.9 Å². The van der Waals surface area contributed by atoms with Crippen LogP contribution in [0.3, 0.4) is 0 Å². The smallest absolute Gasteiger partial charge is 0.272 e. The summed E-state index contributed by atoms with van der Waals surface area (Å²) in [6.07, 6.45) is 5.66. The second-order valence-corrected chi connectivity index (χ2v) is 8.23. The van der Waals surface area contributed by atoms with Gasteiger partial charge in [-0.1, -0.05) is 53.2 Å². The molecule has 1 unspecified atom stereocenters. The first-order chi connectivity index (χ1) is 13.4. The van der Waals surface area contributed by atoms with E-state index in [4.69, 9.17) is 11.6 Å². The first-order valence-corrected chi connectivity index (χ1v) is 11.6. The number of rotatable bonds is 9. The topological polar surface area (TPSA) is 84.0 Å². The normalized spacial score (nSPS) is 11.7. The molecule has 9 heteroatoms. The number of thioether (sulfide) groups is 2. The Hall–Kier alpha value is -1.77. The number of carbonyl (C=O) groups excluding carboxylic acids is 2. The molecule has 0 saturated carbocycles. The van der Waals surface area contributed by atoms with Crippen LogP contribution >= 0.6 is 35.1 Å². The predicted octanol–water partition coefficient (Wildman–Crippen LogP) is 3.33. The van der Waals surface area contributed by atoms with E-state index in [-0.39, 0.29) is 16.6 Å². The third kappa shape index (κ3) is 6.68. The van der Waals surface area contributed by atoms with E-state index in [0.717, 1.165) is 16.9 Å². The van der Waals surface area contributed by atoms with Crippen LogP contribution in [-0.4, -0.2) is 46.1 Å². The second kappa shape index (κ2) is 11.3. The summed E-state index contributed by atoms with van der Waals surface area (Å²) in [5.41, 5.74) is 2.23. The van der Waals surface area contributed by atoms with Gasteiger partial charge < -0.3 is 10.6 Å². The molecule has 2 N–H and O–H groups in total. The number of aryl methyl sites for hydroxylation is 1. The van der Waals surface area contributed by atoms with E-state index < -0.39 is 11.9 Å². The summed E-state index contributed by atoms with van der Waals surface area (Å²) in [5, 5.41) is 6.24. The van der Waals surface area contributed by atoms with Crippen molar-refractivity contribution in [2.45, 2.75) is 31.1 Å². The highest BCUT2D eigenvalue weighted by Crippen LogP contribution is 2.17. The zero-order valence-electron chi connectivity index (χ0n) is 16.0. The van der Waals surface area contributed by atoms with Crippen molar-refractivity contribution in [1.29, 1.82) is 0 Å². The monoisotopic (exact) mass is 438 g/mol. The number of nitrogens with one attached hydrogen (secondary N) is 2. The van der Waals surface area contributed by atoms with Crippen molar-refractivity contribution in [3.63, 3.8) is 0 Å². The second-order valence-electron chi connectivity index (χ2n) is 6.06. The SMILES string of the molecule is CSCCC(NC(=O)c1nc(SC)ncc1Cl)C(=O)NCc1ccc(C)cc1. The molecule has 0 spiro atoms. The minimum absolute atomic E-state index is 0.0708. The van der Waals surface area contributed by atoms with E-state index in [2.05, 4.69) is 20.6 Å². The molecule has 0 aliphatic rings. The maximum atomic E-state index is 12.7. The summed E-state index contributed by atoms with van der Waals surface area (Å²) in [6, 6.07) is 7.25. The molecule has 0 bridgehead atoms. The summed E-state index contributed by atoms with van der Waals surface area (Å²) in [7, 11) is 0. The molecule has 28 heavy (non-hydrogen) atoms. The molecule has 2 aromatic rings. The van der Waals surface area contributed by atoms with Crippen LogP contribution < -0.4 is 10.6 Å². The Bertz CT molecular complexity index is 818. The van der Waals surface area contributed by atoms with Gasteiger partial charge in [-0.2, -0.15) is 11.8 Å². The number of nitrogens with zero attached hydrogens (tertiary/aromatic N) is 2. The van der Waals surface area contributed by atoms with Gasteiger partial charge >= 0.3 is 0 Å². The third-order valence-corrected chi connectivity index (χ3v) is 5.42. The number of amides is 2. The van der Waals surface area contributed by atoms with E-state index in [9.17, 15) is 9.59 Å². The van der Waals surface area contributed by atoms with Gasteiger partial charge in [0.2, 0.25) is 5.91 Å². The van der Waals surface area contributed by atoms with Crippen LogP contribution in [0.2, 0.25) is 5.02 Å². The lowest BCUT2D eigenvalue weighted by Crippen LogP contribution is -2.47. The van der Waals surface area contributed by atoms with Crippen molar-refractivity contribution < 1.29 is 9.59 Å². The fourth-order valence-electron chi connectivity index (χ4n) is 2.36. The van der Waals surface area contributed by atoms with E-state index in [0.29, 0.717) is 18.1 Å². The number of halogens is 1. The van der Waals surface area contributed by atoms with Crippen molar-refractivity contribution in [3.05, 3.63) is 52.3 Å². The van der Waals surface area contributed by atoms with Gasteiger partial charge in [-0.3, -0.25) is 9.59 Å². The lowest BCUT2D eigenvalue weighted by atomic mass is 10.1. The number of carbonyl (C=O) groups is 2. The highest BCUT2D eigenvalue weighted by Gasteiger charge is 2.23. The van der Waals surface area contributed by atoms with E-state index in [1.165, 1.54) is 18.0 Å². The fourth-order valence-corrected chi connectivity index (χ4v) is 3.35. The minimum atomic E-state index is -0.672. The Morgan fingerprint density at radius 2 is 1.93 bits per heavy atom. The first kappa shape index (κ1) is 22.5. The Labute approximate surface area is 178 Å². The van der Waals surface area contributed by atoms with Crippen molar-refractivity contribution >= 4 is 46.9 Å². The molecule has 150 valence electrons. The van der Waals surface area contributed by atoms with E-state index in [1.54, 1.807) is 11.8 Å². The van der Waals surface area contributed by atoms with Crippen LogP contribution in [0, 0.1) is 6.92 Å². The molecular formula is C19H23ClN4O2S2. The summed E-state index contributed by atoms with van der Waals surface area (Å²) >= 11 is 8.99. The molecule has 2 rings (SSSR count). The molecule has 1 aromatic carbocycles. The fraction of sp³-hybridized carbons (Fsp3) is 0.368. The van der Waals surface area contributed by atoms with Crippen LogP contribution in [-0.2, 0) is 11.3 Å². The average molecular weight is 439 g/mol. The van der Waals surface area contributed by atoms with Crippen molar-refractivity contribution in [2.24, 2.45) is 0 Å². The van der Waals surface area contributed by atoms with Gasteiger partial charge in [0.1, 0.15) is 6.04 Å². The summed E-state index contributed by atoms with van der Waals surface area (Å²) < 4.78 is 0. The average Bonchev–Trinajstić information content (AvgIpc) is 2.70.